The molecule has 2 rings (SSSR count). The molecule has 2 fully saturated rings. The van der Waals surface area contributed by atoms with Gasteiger partial charge in [0.15, 0.2) is 0 Å². The van der Waals surface area contributed by atoms with Gasteiger partial charge in [0.05, 0.1) is 0 Å². The van der Waals surface area contributed by atoms with Crippen LogP contribution in [0.25, 0.3) is 0 Å². The van der Waals surface area contributed by atoms with E-state index in [4.69, 9.17) is 0 Å². The van der Waals surface area contributed by atoms with Crippen molar-refractivity contribution in [2.24, 2.45) is 5.41 Å². The Morgan fingerprint density at radius 3 is 2.11 bits per heavy atom. The van der Waals surface area contributed by atoms with Crippen LogP contribution in [0.1, 0.15) is 40.0 Å². The van der Waals surface area contributed by atoms with Gasteiger partial charge >= 0.3 is 0 Å². The normalized spacial score (nSPS) is 26.9. The highest BCUT2D eigenvalue weighted by Crippen LogP contribution is 2.21. The van der Waals surface area contributed by atoms with E-state index in [0.717, 1.165) is 25.9 Å². The first-order chi connectivity index (χ1) is 8.86. The van der Waals surface area contributed by atoms with Crippen LogP contribution in [0.5, 0.6) is 0 Å². The number of hydrogen-bond donors (Lipinski definition) is 1. The number of carbonyl (C=O) groups excluding carboxylic acids is 1. The highest BCUT2D eigenvalue weighted by molar-refractivity contribution is 5.81. The lowest BCUT2D eigenvalue weighted by Gasteiger charge is -2.37. The van der Waals surface area contributed by atoms with Crippen LogP contribution in [0.2, 0.25) is 0 Å². The van der Waals surface area contributed by atoms with E-state index < -0.39 is 0 Å². The fourth-order valence-electron chi connectivity index (χ4n) is 3.13. The van der Waals surface area contributed by atoms with Crippen LogP contribution in [-0.4, -0.2) is 61.0 Å². The Labute approximate surface area is 117 Å². The zero-order valence-electron chi connectivity index (χ0n) is 12.9. The molecule has 2 aliphatic heterocycles. The van der Waals surface area contributed by atoms with Crippen LogP contribution in [-0.2, 0) is 4.79 Å². The van der Waals surface area contributed by atoms with Crippen molar-refractivity contribution in [2.75, 3.05) is 33.2 Å². The third-order valence-electron chi connectivity index (χ3n) is 4.29. The summed E-state index contributed by atoms with van der Waals surface area (Å²) in [5.41, 5.74) is -0.242. The van der Waals surface area contributed by atoms with Gasteiger partial charge in [0, 0.05) is 37.1 Å². The molecule has 2 aliphatic rings. The first kappa shape index (κ1) is 14.8. The van der Waals surface area contributed by atoms with Crippen LogP contribution in [0, 0.1) is 5.41 Å². The maximum absolute atomic E-state index is 12.2. The summed E-state index contributed by atoms with van der Waals surface area (Å²) in [6.45, 7) is 10.2. The zero-order valence-corrected chi connectivity index (χ0v) is 12.9. The first-order valence-electron chi connectivity index (χ1n) is 7.60. The average molecular weight is 267 g/mol. The molecule has 0 radical (unpaired) electrons. The number of rotatable bonds is 2. The fraction of sp³-hybridized carbons (Fsp3) is 0.933. The number of piperidine rings is 1. The second-order valence-electron chi connectivity index (χ2n) is 7.23. The topological polar surface area (TPSA) is 35.6 Å². The minimum Gasteiger partial charge on any atom is -0.342 e. The van der Waals surface area contributed by atoms with E-state index in [-0.39, 0.29) is 5.41 Å². The lowest BCUT2D eigenvalue weighted by atomic mass is 9.93. The van der Waals surface area contributed by atoms with E-state index in [0.29, 0.717) is 18.0 Å². The Morgan fingerprint density at radius 1 is 1.05 bits per heavy atom. The zero-order chi connectivity index (χ0) is 14.0. The maximum Gasteiger partial charge on any atom is 0.227 e. The van der Waals surface area contributed by atoms with Crippen molar-refractivity contribution in [1.82, 2.24) is 15.1 Å². The molecule has 4 nitrogen and oxygen atoms in total. The van der Waals surface area contributed by atoms with Crippen LogP contribution in [0.15, 0.2) is 0 Å². The predicted octanol–water partition coefficient (Wildman–Crippen LogP) is 1.32. The van der Waals surface area contributed by atoms with Crippen LogP contribution in [0.4, 0.5) is 0 Å². The number of nitrogens with one attached hydrogen (secondary N) is 1. The number of nitrogens with zero attached hydrogens (tertiary/aromatic N) is 2. The van der Waals surface area contributed by atoms with E-state index in [2.05, 4.69) is 17.3 Å². The molecule has 0 bridgehead atoms. The molecular weight excluding hydrogens is 238 g/mol. The van der Waals surface area contributed by atoms with Crippen molar-refractivity contribution in [2.45, 2.75) is 52.1 Å². The lowest BCUT2D eigenvalue weighted by molar-refractivity contribution is -0.140. The van der Waals surface area contributed by atoms with Gasteiger partial charge in [0.2, 0.25) is 5.91 Å². The Balaban J connectivity index is 1.75. The van der Waals surface area contributed by atoms with Gasteiger partial charge in [-0.3, -0.25) is 4.79 Å². The third kappa shape index (κ3) is 3.93. The van der Waals surface area contributed by atoms with Crippen molar-refractivity contribution in [3.63, 3.8) is 0 Å². The van der Waals surface area contributed by atoms with E-state index in [9.17, 15) is 4.79 Å². The van der Waals surface area contributed by atoms with Crippen LogP contribution < -0.4 is 5.32 Å². The Bertz CT molecular complexity index is 316. The maximum atomic E-state index is 12.2. The lowest BCUT2D eigenvalue weighted by Crippen LogP contribution is -2.50. The van der Waals surface area contributed by atoms with Gasteiger partial charge in [0.25, 0.3) is 0 Å². The summed E-state index contributed by atoms with van der Waals surface area (Å²) in [4.78, 5) is 16.6. The summed E-state index contributed by atoms with van der Waals surface area (Å²) in [5, 5.41) is 3.77. The Kier molecular flexibility index (Phi) is 4.51. The molecule has 0 aromatic carbocycles. The van der Waals surface area contributed by atoms with E-state index in [1.165, 1.54) is 19.5 Å². The van der Waals surface area contributed by atoms with Gasteiger partial charge in [-0.15, -0.1) is 0 Å². The molecule has 110 valence electrons. The largest absolute Gasteiger partial charge is 0.342 e. The summed E-state index contributed by atoms with van der Waals surface area (Å²) in [7, 11) is 2.19. The summed E-state index contributed by atoms with van der Waals surface area (Å²) >= 11 is 0. The Hall–Kier alpha value is -0.610. The first-order valence-corrected chi connectivity index (χ1v) is 7.60. The quantitative estimate of drug-likeness (QED) is 0.819. The molecular formula is C15H29N3O. The molecule has 0 spiro atoms. The molecule has 1 N–H and O–H groups in total. The summed E-state index contributed by atoms with van der Waals surface area (Å²) in [6.07, 6.45) is 3.46. The van der Waals surface area contributed by atoms with Crippen molar-refractivity contribution < 1.29 is 4.79 Å². The molecule has 1 amide bonds. The predicted molar refractivity (Wildman–Crippen MR) is 78.1 cm³/mol. The van der Waals surface area contributed by atoms with Gasteiger partial charge < -0.3 is 15.1 Å². The molecule has 1 atom stereocenters. The Morgan fingerprint density at radius 2 is 1.63 bits per heavy atom. The van der Waals surface area contributed by atoms with E-state index in [1.807, 2.05) is 25.7 Å². The summed E-state index contributed by atoms with van der Waals surface area (Å²) in [5.74, 6) is 0.298. The summed E-state index contributed by atoms with van der Waals surface area (Å²) in [6, 6.07) is 1.25. The average Bonchev–Trinajstić information content (AvgIpc) is 2.74. The molecule has 0 aromatic rings. The van der Waals surface area contributed by atoms with Crippen molar-refractivity contribution in [1.29, 1.82) is 0 Å². The van der Waals surface area contributed by atoms with Gasteiger partial charge in [-0.1, -0.05) is 20.8 Å². The van der Waals surface area contributed by atoms with Crippen LogP contribution >= 0.6 is 0 Å². The molecule has 4 heteroatoms. The minimum absolute atomic E-state index is 0.242. The molecule has 0 aliphatic carbocycles. The van der Waals surface area contributed by atoms with Gasteiger partial charge in [0.1, 0.15) is 0 Å². The summed E-state index contributed by atoms with van der Waals surface area (Å²) < 4.78 is 0. The molecule has 19 heavy (non-hydrogen) atoms. The van der Waals surface area contributed by atoms with E-state index in [1.54, 1.807) is 0 Å². The highest BCUT2D eigenvalue weighted by atomic mass is 16.2. The van der Waals surface area contributed by atoms with Crippen molar-refractivity contribution in [3.8, 4) is 0 Å². The number of likely N-dealkylation sites (tertiary alicyclic amines) is 2. The smallest absolute Gasteiger partial charge is 0.227 e. The number of hydrogen-bond acceptors (Lipinski definition) is 3. The van der Waals surface area contributed by atoms with Crippen molar-refractivity contribution >= 4 is 5.91 Å². The second-order valence-corrected chi connectivity index (χ2v) is 7.23. The van der Waals surface area contributed by atoms with Crippen LogP contribution in [0.3, 0.4) is 0 Å². The fourth-order valence-corrected chi connectivity index (χ4v) is 3.13. The van der Waals surface area contributed by atoms with Gasteiger partial charge in [-0.05, 0) is 32.9 Å². The van der Waals surface area contributed by atoms with Crippen molar-refractivity contribution in [3.05, 3.63) is 0 Å². The van der Waals surface area contributed by atoms with Gasteiger partial charge in [-0.25, -0.2) is 0 Å². The molecule has 2 heterocycles. The third-order valence-corrected chi connectivity index (χ3v) is 4.29. The number of amides is 1. The molecule has 1 unspecified atom stereocenters. The van der Waals surface area contributed by atoms with Gasteiger partial charge in [-0.2, -0.15) is 0 Å². The second kappa shape index (κ2) is 5.80. The monoisotopic (exact) mass is 267 g/mol. The molecule has 2 saturated heterocycles. The standard InChI is InChI=1S/C15H29N3O/c1-15(2,3)14(19)18-9-6-12(7-10-18)16-13-5-8-17(4)11-13/h12-13,16H,5-11H2,1-4H3. The molecule has 0 saturated carbocycles. The number of carbonyl (C=O) groups is 1. The van der Waals surface area contributed by atoms with E-state index >= 15 is 0 Å². The molecule has 0 aromatic heterocycles. The number of likely N-dealkylation sites (N-methyl/N-ethyl adjacent to an activating group) is 1. The minimum atomic E-state index is -0.242. The highest BCUT2D eigenvalue weighted by Gasteiger charge is 2.31. The SMILES string of the molecule is CN1CCC(NC2CCN(C(=O)C(C)(C)C)CC2)C1.